The Morgan fingerprint density at radius 3 is 1.21 bits per heavy atom. The van der Waals surface area contributed by atoms with Crippen molar-refractivity contribution < 1.29 is 0 Å². The largest absolute Gasteiger partial charge is 0.0760 e. The standard InChI is InChI=1S/C33H50/c1-14-15-16-25(26-19-17-23(30(2,3)4)21-28(26)32(8,9)10)27-20-18-24(31(5,6)7)22-29(27)33(11,12)13/h16-22H,14-15H2,1-13H3. The fourth-order valence-electron chi connectivity index (χ4n) is 4.39. The van der Waals surface area contributed by atoms with Crippen LogP contribution in [0.4, 0.5) is 0 Å². The molecule has 0 aliphatic carbocycles. The quantitative estimate of drug-likeness (QED) is 0.438. The number of allylic oxidation sites excluding steroid dienone is 1. The highest BCUT2D eigenvalue weighted by atomic mass is 14.3. The molecule has 182 valence electrons. The summed E-state index contributed by atoms with van der Waals surface area (Å²) in [6.45, 7) is 30.2. The zero-order chi connectivity index (χ0) is 25.4. The van der Waals surface area contributed by atoms with Gasteiger partial charge < -0.3 is 0 Å². The van der Waals surface area contributed by atoms with Gasteiger partial charge in [0.15, 0.2) is 0 Å². The molecular weight excluding hydrogens is 396 g/mol. The number of hydrogen-bond acceptors (Lipinski definition) is 0. The van der Waals surface area contributed by atoms with E-state index in [0.717, 1.165) is 12.8 Å². The Morgan fingerprint density at radius 2 is 0.939 bits per heavy atom. The SMILES string of the molecule is CCCC=C(c1ccc(C(C)(C)C)cc1C(C)(C)C)c1ccc(C(C)(C)C)cc1C(C)(C)C. The van der Waals surface area contributed by atoms with Gasteiger partial charge in [0.1, 0.15) is 0 Å². The summed E-state index contributed by atoms with van der Waals surface area (Å²) in [5.74, 6) is 0. The molecule has 0 spiro atoms. The summed E-state index contributed by atoms with van der Waals surface area (Å²) in [4.78, 5) is 0. The van der Waals surface area contributed by atoms with Gasteiger partial charge in [-0.05, 0) is 67.0 Å². The maximum Gasteiger partial charge on any atom is -0.0126 e. The molecule has 0 saturated carbocycles. The van der Waals surface area contributed by atoms with Gasteiger partial charge in [0.2, 0.25) is 0 Å². The normalized spacial score (nSPS) is 13.2. The third-order valence-electron chi connectivity index (χ3n) is 6.60. The first-order valence-corrected chi connectivity index (χ1v) is 12.9. The Labute approximate surface area is 205 Å². The molecule has 0 aliphatic heterocycles. The average Bonchev–Trinajstić information content (AvgIpc) is 2.65. The van der Waals surface area contributed by atoms with Crippen LogP contribution in [0.1, 0.15) is 136 Å². The lowest BCUT2D eigenvalue weighted by atomic mass is 9.73. The Balaban J connectivity index is 2.91. The molecule has 2 rings (SSSR count). The number of hydrogen-bond donors (Lipinski definition) is 0. The van der Waals surface area contributed by atoms with Crippen LogP contribution in [-0.4, -0.2) is 0 Å². The van der Waals surface area contributed by atoms with Crippen LogP contribution in [0.5, 0.6) is 0 Å². The van der Waals surface area contributed by atoms with E-state index < -0.39 is 0 Å². The van der Waals surface area contributed by atoms with Gasteiger partial charge in [0.05, 0.1) is 0 Å². The molecule has 0 aliphatic rings. The minimum absolute atomic E-state index is 0.0646. The third kappa shape index (κ3) is 6.62. The highest BCUT2D eigenvalue weighted by Gasteiger charge is 2.28. The molecule has 0 amide bonds. The topological polar surface area (TPSA) is 0 Å². The van der Waals surface area contributed by atoms with E-state index in [1.807, 2.05) is 0 Å². The molecular formula is C33H50. The van der Waals surface area contributed by atoms with Gasteiger partial charge >= 0.3 is 0 Å². The van der Waals surface area contributed by atoms with Crippen LogP contribution >= 0.6 is 0 Å². The van der Waals surface area contributed by atoms with E-state index in [0.29, 0.717) is 0 Å². The molecule has 0 aromatic heterocycles. The van der Waals surface area contributed by atoms with E-state index in [1.165, 1.54) is 39.0 Å². The molecule has 0 heteroatoms. The van der Waals surface area contributed by atoms with Crippen molar-refractivity contribution in [1.29, 1.82) is 0 Å². The minimum Gasteiger partial charge on any atom is -0.0760 e. The number of benzene rings is 2. The van der Waals surface area contributed by atoms with Crippen LogP contribution in [0.25, 0.3) is 5.57 Å². The van der Waals surface area contributed by atoms with Crippen LogP contribution in [0.15, 0.2) is 42.5 Å². The molecule has 0 nitrogen and oxygen atoms in total. The van der Waals surface area contributed by atoms with Crippen LogP contribution in [0.2, 0.25) is 0 Å². The lowest BCUT2D eigenvalue weighted by Gasteiger charge is -2.31. The molecule has 0 saturated heterocycles. The predicted octanol–water partition coefficient (Wildman–Crippen LogP) is 10.1. The van der Waals surface area contributed by atoms with E-state index in [-0.39, 0.29) is 21.7 Å². The second-order valence-corrected chi connectivity index (χ2v) is 13.9. The highest BCUT2D eigenvalue weighted by molar-refractivity contribution is 5.84. The maximum absolute atomic E-state index is 2.49. The molecule has 0 atom stereocenters. The van der Waals surface area contributed by atoms with E-state index in [1.54, 1.807) is 0 Å². The second-order valence-electron chi connectivity index (χ2n) is 13.9. The van der Waals surface area contributed by atoms with Gasteiger partial charge in [-0.25, -0.2) is 0 Å². The molecule has 0 bridgehead atoms. The molecule has 0 heterocycles. The lowest BCUT2D eigenvalue weighted by Crippen LogP contribution is -2.20. The maximum atomic E-state index is 2.49. The summed E-state index contributed by atoms with van der Waals surface area (Å²) in [6.07, 6.45) is 4.73. The number of unbranched alkanes of at least 4 members (excludes halogenated alkanes) is 1. The summed E-state index contributed by atoms with van der Waals surface area (Å²) in [6, 6.07) is 14.4. The zero-order valence-corrected chi connectivity index (χ0v) is 24.0. The monoisotopic (exact) mass is 446 g/mol. The summed E-state index contributed by atoms with van der Waals surface area (Å²) < 4.78 is 0. The molecule has 0 radical (unpaired) electrons. The van der Waals surface area contributed by atoms with Crippen molar-refractivity contribution in [2.75, 3.05) is 0 Å². The first-order chi connectivity index (χ1) is 14.9. The third-order valence-corrected chi connectivity index (χ3v) is 6.60. The highest BCUT2D eigenvalue weighted by Crippen LogP contribution is 2.41. The van der Waals surface area contributed by atoms with Crippen LogP contribution < -0.4 is 0 Å². The van der Waals surface area contributed by atoms with Crippen molar-refractivity contribution in [3.63, 3.8) is 0 Å². The Bertz CT molecular complexity index is 909. The van der Waals surface area contributed by atoms with Crippen LogP contribution in [0, 0.1) is 0 Å². The van der Waals surface area contributed by atoms with Gasteiger partial charge in [0, 0.05) is 0 Å². The molecule has 2 aromatic rings. The van der Waals surface area contributed by atoms with Crippen molar-refractivity contribution in [3.8, 4) is 0 Å². The predicted molar refractivity (Wildman–Crippen MR) is 150 cm³/mol. The van der Waals surface area contributed by atoms with Gasteiger partial charge in [0.25, 0.3) is 0 Å². The first-order valence-electron chi connectivity index (χ1n) is 12.9. The van der Waals surface area contributed by atoms with Crippen molar-refractivity contribution in [1.82, 2.24) is 0 Å². The molecule has 0 fully saturated rings. The first kappa shape index (κ1) is 27.4. The summed E-state index contributed by atoms with van der Waals surface area (Å²) >= 11 is 0. The molecule has 33 heavy (non-hydrogen) atoms. The van der Waals surface area contributed by atoms with Crippen LogP contribution in [0.3, 0.4) is 0 Å². The van der Waals surface area contributed by atoms with Gasteiger partial charge in [-0.3, -0.25) is 0 Å². The second kappa shape index (κ2) is 9.44. The van der Waals surface area contributed by atoms with E-state index >= 15 is 0 Å². The van der Waals surface area contributed by atoms with Crippen LogP contribution in [-0.2, 0) is 21.7 Å². The summed E-state index contributed by atoms with van der Waals surface area (Å²) in [5, 5.41) is 0. The van der Waals surface area contributed by atoms with Crippen molar-refractivity contribution in [2.45, 2.75) is 125 Å². The minimum atomic E-state index is 0.0646. The summed E-state index contributed by atoms with van der Waals surface area (Å²) in [7, 11) is 0. The smallest absolute Gasteiger partial charge is 0.0126 e. The Hall–Kier alpha value is -1.82. The van der Waals surface area contributed by atoms with Crippen molar-refractivity contribution in [3.05, 3.63) is 75.9 Å². The summed E-state index contributed by atoms with van der Waals surface area (Å²) in [5.41, 5.74) is 10.3. The Morgan fingerprint density at radius 1 is 0.576 bits per heavy atom. The molecule has 0 unspecified atom stereocenters. The zero-order valence-electron chi connectivity index (χ0n) is 24.0. The van der Waals surface area contributed by atoms with Gasteiger partial charge in [-0.1, -0.05) is 139 Å². The molecule has 2 aromatic carbocycles. The Kier molecular flexibility index (Phi) is 7.84. The van der Waals surface area contributed by atoms with Crippen molar-refractivity contribution >= 4 is 5.57 Å². The van der Waals surface area contributed by atoms with Gasteiger partial charge in [-0.2, -0.15) is 0 Å². The average molecular weight is 447 g/mol. The van der Waals surface area contributed by atoms with E-state index in [4.69, 9.17) is 0 Å². The fraction of sp³-hybridized carbons (Fsp3) is 0.576. The number of rotatable bonds is 4. The molecule has 0 N–H and O–H groups in total. The van der Waals surface area contributed by atoms with E-state index in [2.05, 4.69) is 132 Å². The van der Waals surface area contributed by atoms with Crippen molar-refractivity contribution in [2.24, 2.45) is 0 Å². The van der Waals surface area contributed by atoms with Gasteiger partial charge in [-0.15, -0.1) is 0 Å². The lowest BCUT2D eigenvalue weighted by molar-refractivity contribution is 0.566. The fourth-order valence-corrected chi connectivity index (χ4v) is 4.39. The van der Waals surface area contributed by atoms with E-state index in [9.17, 15) is 0 Å².